The molecular weight excluding hydrogens is 720 g/mol. The molecule has 0 aliphatic carbocycles. The molecule has 0 N–H and O–H groups in total. The SMILES string of the molecule is Cc1ccc(-c2ccc(-c3ccc(-c4cc(F)c(C)c(F)c4)c(F)c3)cc2)cc1.Cc1ccc(-c2ccc(-c3ccc(-c4ccc(C)c(F)c4)c(F)c3)cc2)cc1. The molecule has 0 unspecified atom stereocenters. The summed E-state index contributed by atoms with van der Waals surface area (Å²) in [6, 6.07) is 49.5. The van der Waals surface area contributed by atoms with Gasteiger partial charge in [-0.1, -0.05) is 145 Å². The van der Waals surface area contributed by atoms with E-state index in [1.54, 1.807) is 37.3 Å². The second-order valence-corrected chi connectivity index (χ2v) is 14.3. The van der Waals surface area contributed by atoms with Gasteiger partial charge in [-0.25, -0.2) is 22.0 Å². The highest BCUT2D eigenvalue weighted by atomic mass is 19.1. The summed E-state index contributed by atoms with van der Waals surface area (Å²) >= 11 is 0. The molecule has 0 saturated carbocycles. The standard InChI is InChI=1S/C26H19F3.C26H20F2/c1-16-3-5-18(6-4-16)19-7-9-20(10-8-19)21-11-12-23(26(29)13-21)22-14-24(27)17(2)25(28)15-22;1-17-3-6-19(7-4-17)20-9-11-21(12-10-20)22-13-14-24(26(28)15-22)23-8-5-18(2)25(27)16-23/h3-15H,1-2H3;3-16H,1-2H3. The Balaban J connectivity index is 0.000000174. The predicted molar refractivity (Wildman–Crippen MR) is 224 cm³/mol. The highest BCUT2D eigenvalue weighted by Gasteiger charge is 2.14. The van der Waals surface area contributed by atoms with Crippen molar-refractivity contribution in [2.24, 2.45) is 0 Å². The molecule has 0 heterocycles. The minimum absolute atomic E-state index is 0.0700. The van der Waals surface area contributed by atoms with Crippen LogP contribution in [0.3, 0.4) is 0 Å². The van der Waals surface area contributed by atoms with Gasteiger partial charge in [0.15, 0.2) is 0 Å². The lowest BCUT2D eigenvalue weighted by atomic mass is 9.97. The van der Waals surface area contributed by atoms with Crippen molar-refractivity contribution in [2.75, 3.05) is 0 Å². The summed E-state index contributed by atoms with van der Waals surface area (Å²) in [7, 11) is 0. The van der Waals surface area contributed by atoms with Crippen molar-refractivity contribution < 1.29 is 22.0 Å². The second kappa shape index (κ2) is 16.6. The van der Waals surface area contributed by atoms with Crippen molar-refractivity contribution in [2.45, 2.75) is 27.7 Å². The van der Waals surface area contributed by atoms with Crippen LogP contribution in [0.2, 0.25) is 0 Å². The fraction of sp³-hybridized carbons (Fsp3) is 0.0769. The summed E-state index contributed by atoms with van der Waals surface area (Å²) in [5.41, 5.74) is 12.0. The van der Waals surface area contributed by atoms with Crippen LogP contribution in [0, 0.1) is 56.8 Å². The highest BCUT2D eigenvalue weighted by molar-refractivity contribution is 5.75. The van der Waals surface area contributed by atoms with Gasteiger partial charge in [-0.2, -0.15) is 0 Å². The fourth-order valence-corrected chi connectivity index (χ4v) is 6.62. The predicted octanol–water partition coefficient (Wildman–Crippen LogP) is 15.3. The molecule has 0 fully saturated rings. The van der Waals surface area contributed by atoms with Crippen LogP contribution in [0.5, 0.6) is 0 Å². The van der Waals surface area contributed by atoms with Crippen LogP contribution in [-0.4, -0.2) is 0 Å². The Morgan fingerprint density at radius 1 is 0.246 bits per heavy atom. The van der Waals surface area contributed by atoms with Gasteiger partial charge < -0.3 is 0 Å². The monoisotopic (exact) mass is 758 g/mol. The number of benzene rings is 8. The van der Waals surface area contributed by atoms with Gasteiger partial charge in [-0.3, -0.25) is 0 Å². The first-order chi connectivity index (χ1) is 27.4. The Bertz CT molecular complexity index is 2650. The Morgan fingerprint density at radius 3 is 0.895 bits per heavy atom. The van der Waals surface area contributed by atoms with E-state index in [9.17, 15) is 22.0 Å². The topological polar surface area (TPSA) is 0 Å². The molecule has 0 spiro atoms. The number of hydrogen-bond acceptors (Lipinski definition) is 0. The largest absolute Gasteiger partial charge is 0.207 e. The zero-order chi connectivity index (χ0) is 40.2. The van der Waals surface area contributed by atoms with Crippen LogP contribution in [0.4, 0.5) is 22.0 Å². The van der Waals surface area contributed by atoms with E-state index in [0.29, 0.717) is 22.3 Å². The minimum atomic E-state index is -0.685. The molecule has 0 aliphatic rings. The van der Waals surface area contributed by atoms with Gasteiger partial charge >= 0.3 is 0 Å². The summed E-state index contributed by atoms with van der Waals surface area (Å²) in [5, 5.41) is 0. The molecule has 8 rings (SSSR count). The molecule has 0 nitrogen and oxygen atoms in total. The summed E-state index contributed by atoms with van der Waals surface area (Å²) in [4.78, 5) is 0. The Morgan fingerprint density at radius 2 is 0.526 bits per heavy atom. The number of aryl methyl sites for hydroxylation is 3. The molecule has 8 aromatic rings. The summed E-state index contributed by atoms with van der Waals surface area (Å²) in [6.45, 7) is 7.16. The van der Waals surface area contributed by atoms with Gasteiger partial charge in [0.1, 0.15) is 29.1 Å². The van der Waals surface area contributed by atoms with Gasteiger partial charge in [-0.05, 0) is 119 Å². The van der Waals surface area contributed by atoms with Crippen LogP contribution in [0.25, 0.3) is 66.8 Å². The first-order valence-electron chi connectivity index (χ1n) is 18.6. The molecule has 0 saturated heterocycles. The maximum atomic E-state index is 14.7. The molecular formula is C52H39F5. The normalized spacial score (nSPS) is 10.9. The quantitative estimate of drug-likeness (QED) is 0.148. The number of rotatable bonds is 6. The van der Waals surface area contributed by atoms with E-state index in [1.165, 1.54) is 36.2 Å². The van der Waals surface area contributed by atoms with E-state index in [4.69, 9.17) is 0 Å². The van der Waals surface area contributed by atoms with Gasteiger partial charge in [-0.15, -0.1) is 0 Å². The van der Waals surface area contributed by atoms with Crippen molar-refractivity contribution in [1.82, 2.24) is 0 Å². The molecule has 8 aromatic carbocycles. The molecule has 0 aromatic heterocycles. The smallest absolute Gasteiger partial charge is 0.131 e. The molecule has 57 heavy (non-hydrogen) atoms. The van der Waals surface area contributed by atoms with Crippen LogP contribution in [0.15, 0.2) is 164 Å². The van der Waals surface area contributed by atoms with Crippen LogP contribution >= 0.6 is 0 Å². The third-order valence-electron chi connectivity index (χ3n) is 10.2. The third-order valence-corrected chi connectivity index (χ3v) is 10.2. The van der Waals surface area contributed by atoms with Crippen molar-refractivity contribution in [3.05, 3.63) is 215 Å². The minimum Gasteiger partial charge on any atom is -0.207 e. The zero-order valence-electron chi connectivity index (χ0n) is 32.0. The molecule has 0 atom stereocenters. The van der Waals surface area contributed by atoms with E-state index in [1.807, 2.05) is 61.5 Å². The van der Waals surface area contributed by atoms with Crippen molar-refractivity contribution >= 4 is 0 Å². The maximum Gasteiger partial charge on any atom is 0.131 e. The first kappa shape index (κ1) is 38.7. The summed E-state index contributed by atoms with van der Waals surface area (Å²) in [6.07, 6.45) is 0. The lowest BCUT2D eigenvalue weighted by Crippen LogP contribution is -1.93. The average molecular weight is 759 g/mol. The molecule has 0 radical (unpaired) electrons. The zero-order valence-corrected chi connectivity index (χ0v) is 32.0. The maximum absolute atomic E-state index is 14.7. The van der Waals surface area contributed by atoms with E-state index < -0.39 is 17.5 Å². The van der Waals surface area contributed by atoms with Crippen molar-refractivity contribution in [3.63, 3.8) is 0 Å². The fourth-order valence-electron chi connectivity index (χ4n) is 6.62. The Labute approximate surface area is 330 Å². The van der Waals surface area contributed by atoms with E-state index in [-0.39, 0.29) is 28.3 Å². The van der Waals surface area contributed by atoms with E-state index in [0.717, 1.165) is 51.1 Å². The Kier molecular flexibility index (Phi) is 11.3. The second-order valence-electron chi connectivity index (χ2n) is 14.3. The number of halogens is 5. The molecule has 0 amide bonds. The van der Waals surface area contributed by atoms with Crippen molar-refractivity contribution in [1.29, 1.82) is 0 Å². The van der Waals surface area contributed by atoms with Crippen LogP contribution in [-0.2, 0) is 0 Å². The van der Waals surface area contributed by atoms with Crippen molar-refractivity contribution in [3.8, 4) is 66.8 Å². The van der Waals surface area contributed by atoms with Gasteiger partial charge in [0.05, 0.1) is 0 Å². The number of hydrogen-bond donors (Lipinski definition) is 0. The van der Waals surface area contributed by atoms with Gasteiger partial charge in [0.25, 0.3) is 0 Å². The Hall–Kier alpha value is -6.59. The average Bonchev–Trinajstić information content (AvgIpc) is 3.22. The van der Waals surface area contributed by atoms with Crippen LogP contribution in [0.1, 0.15) is 22.3 Å². The van der Waals surface area contributed by atoms with E-state index >= 15 is 0 Å². The summed E-state index contributed by atoms with van der Waals surface area (Å²) in [5.74, 6) is -2.57. The van der Waals surface area contributed by atoms with Gasteiger partial charge in [0, 0.05) is 16.7 Å². The molecule has 282 valence electrons. The molecule has 0 aliphatic heterocycles. The molecule has 0 bridgehead atoms. The lowest BCUT2D eigenvalue weighted by molar-refractivity contribution is 0.568. The summed E-state index contributed by atoms with van der Waals surface area (Å²) < 4.78 is 70.9. The van der Waals surface area contributed by atoms with Crippen LogP contribution < -0.4 is 0 Å². The molecule has 5 heteroatoms. The highest BCUT2D eigenvalue weighted by Crippen LogP contribution is 2.33. The first-order valence-corrected chi connectivity index (χ1v) is 18.6. The van der Waals surface area contributed by atoms with Gasteiger partial charge in [0.2, 0.25) is 0 Å². The third kappa shape index (κ3) is 8.79. The lowest BCUT2D eigenvalue weighted by Gasteiger charge is -2.10. The van der Waals surface area contributed by atoms with E-state index in [2.05, 4.69) is 55.5 Å².